The number of carboxylic acids is 1. The number of nitrogens with zero attached hydrogens (tertiary/aromatic N) is 1. The summed E-state index contributed by atoms with van der Waals surface area (Å²) >= 11 is 0. The molecule has 0 heterocycles. The third-order valence-electron chi connectivity index (χ3n) is 12.2. The molecule has 0 fully saturated rings. The zero-order chi connectivity index (χ0) is 47.7. The fraction of sp³-hybridized carbons (Fsp3) is 0.807. The van der Waals surface area contributed by atoms with Crippen molar-refractivity contribution in [2.45, 2.75) is 257 Å². The largest absolute Gasteiger partial charge is 0.477 e. The van der Waals surface area contributed by atoms with Gasteiger partial charge in [0.05, 0.1) is 34.4 Å². The number of ether oxygens (including phenoxy) is 3. The van der Waals surface area contributed by atoms with Crippen LogP contribution >= 0.6 is 0 Å². The van der Waals surface area contributed by atoms with E-state index in [0.717, 1.165) is 70.6 Å². The molecule has 8 nitrogen and oxygen atoms in total. The maximum absolute atomic E-state index is 12.8. The van der Waals surface area contributed by atoms with E-state index in [4.69, 9.17) is 14.2 Å². The van der Waals surface area contributed by atoms with Gasteiger partial charge in [0.1, 0.15) is 6.61 Å². The standard InChI is InChI=1S/C57H103NO7/c1-6-8-10-12-14-16-18-20-22-24-26-27-28-29-30-32-33-35-37-39-41-43-45-47-55(59)64-52-53(51-63-50-49-54(57(61)62)58(3,4)5)65-56(60)48-46-44-42-40-38-36-34-31-25-23-21-19-17-15-13-11-9-7-2/h23,25-27,29-31,34,53-54H,6-22,24,28,32-33,35-52H2,1-5H3/p+1/b25-23+,27-26+,30-29+,34-31+. The van der Waals surface area contributed by atoms with Crippen molar-refractivity contribution in [2.75, 3.05) is 41.0 Å². The number of unbranched alkanes of at least 4 members (excludes halogenated alkanes) is 28. The summed E-state index contributed by atoms with van der Waals surface area (Å²) < 4.78 is 17.4. The number of hydrogen-bond donors (Lipinski definition) is 1. The second-order valence-corrected chi connectivity index (χ2v) is 19.5. The van der Waals surface area contributed by atoms with Crippen LogP contribution in [0.3, 0.4) is 0 Å². The van der Waals surface area contributed by atoms with Gasteiger partial charge in [0.2, 0.25) is 0 Å². The SMILES string of the molecule is CCCCCCCCC/C=C/C=C/CCCCCCCC(=O)OC(COCCC(C(=O)O)[N+](C)(C)C)COC(=O)CCCCCCCCC/C=C/C/C=C/CCCCCCCCCCC. The first-order valence-corrected chi connectivity index (χ1v) is 27.2. The summed E-state index contributed by atoms with van der Waals surface area (Å²) in [6, 6.07) is -0.620. The van der Waals surface area contributed by atoms with Crippen molar-refractivity contribution < 1.29 is 38.2 Å². The summed E-state index contributed by atoms with van der Waals surface area (Å²) in [4.78, 5) is 37.2. The van der Waals surface area contributed by atoms with E-state index in [-0.39, 0.29) is 36.2 Å². The molecule has 0 saturated heterocycles. The van der Waals surface area contributed by atoms with Crippen LogP contribution in [0.1, 0.15) is 245 Å². The van der Waals surface area contributed by atoms with E-state index in [2.05, 4.69) is 62.5 Å². The van der Waals surface area contributed by atoms with Crippen LogP contribution in [0.2, 0.25) is 0 Å². The molecule has 0 amide bonds. The van der Waals surface area contributed by atoms with Crippen LogP contribution in [0.5, 0.6) is 0 Å². The van der Waals surface area contributed by atoms with Gasteiger partial charge < -0.3 is 23.8 Å². The van der Waals surface area contributed by atoms with Crippen molar-refractivity contribution in [3.63, 3.8) is 0 Å². The lowest BCUT2D eigenvalue weighted by Crippen LogP contribution is -2.50. The summed E-state index contributed by atoms with van der Waals surface area (Å²) in [7, 11) is 5.53. The van der Waals surface area contributed by atoms with E-state index in [1.807, 2.05) is 21.1 Å². The van der Waals surface area contributed by atoms with Crippen LogP contribution in [0.15, 0.2) is 48.6 Å². The Morgan fingerprint density at radius 1 is 0.477 bits per heavy atom. The molecule has 0 aromatic rings. The lowest BCUT2D eigenvalue weighted by molar-refractivity contribution is -0.887. The van der Waals surface area contributed by atoms with Crippen molar-refractivity contribution in [1.82, 2.24) is 0 Å². The minimum atomic E-state index is -0.878. The predicted molar refractivity (Wildman–Crippen MR) is 275 cm³/mol. The van der Waals surface area contributed by atoms with Crippen molar-refractivity contribution in [2.24, 2.45) is 0 Å². The molecule has 0 aromatic heterocycles. The number of carboxylic acid groups (broad SMARTS) is 1. The van der Waals surface area contributed by atoms with E-state index in [1.54, 1.807) is 0 Å². The van der Waals surface area contributed by atoms with Crippen LogP contribution in [0.4, 0.5) is 0 Å². The third kappa shape index (κ3) is 46.2. The quantitative estimate of drug-likeness (QED) is 0.0213. The van der Waals surface area contributed by atoms with Gasteiger partial charge >= 0.3 is 17.9 Å². The first kappa shape index (κ1) is 62.3. The number of allylic oxidation sites excluding steroid dienone is 8. The van der Waals surface area contributed by atoms with Gasteiger partial charge in [-0.3, -0.25) is 9.59 Å². The van der Waals surface area contributed by atoms with Crippen molar-refractivity contribution in [3.8, 4) is 0 Å². The molecule has 0 aliphatic rings. The zero-order valence-electron chi connectivity index (χ0n) is 43.2. The van der Waals surface area contributed by atoms with E-state index in [9.17, 15) is 19.5 Å². The summed E-state index contributed by atoms with van der Waals surface area (Å²) in [5, 5.41) is 9.66. The molecule has 0 aromatic carbocycles. The lowest BCUT2D eigenvalue weighted by Gasteiger charge is -2.31. The molecule has 0 aliphatic heterocycles. The first-order chi connectivity index (χ1) is 31.6. The molecule has 0 bridgehead atoms. The minimum Gasteiger partial charge on any atom is -0.477 e. The van der Waals surface area contributed by atoms with Gasteiger partial charge in [-0.1, -0.05) is 204 Å². The Balaban J connectivity index is 4.24. The molecule has 2 unspecified atom stereocenters. The molecular weight excluding hydrogens is 811 g/mol. The van der Waals surface area contributed by atoms with Crippen LogP contribution < -0.4 is 0 Å². The summed E-state index contributed by atoms with van der Waals surface area (Å²) in [5.74, 6) is -1.49. The molecule has 0 rings (SSSR count). The maximum atomic E-state index is 12.8. The highest BCUT2D eigenvalue weighted by Crippen LogP contribution is 2.15. The highest BCUT2D eigenvalue weighted by molar-refractivity contribution is 5.72. The van der Waals surface area contributed by atoms with Gasteiger partial charge in [0.25, 0.3) is 0 Å². The summed E-state index contributed by atoms with van der Waals surface area (Å²) in [6.45, 7) is 4.73. The van der Waals surface area contributed by atoms with Crippen LogP contribution in [0.25, 0.3) is 0 Å². The Bertz CT molecular complexity index is 1200. The number of aliphatic carboxylic acids is 1. The Hall–Kier alpha value is -2.71. The zero-order valence-corrected chi connectivity index (χ0v) is 43.2. The average molecular weight is 915 g/mol. The number of quaternary nitrogens is 1. The van der Waals surface area contributed by atoms with Gasteiger partial charge in [0, 0.05) is 19.3 Å². The van der Waals surface area contributed by atoms with E-state index >= 15 is 0 Å². The van der Waals surface area contributed by atoms with E-state index in [0.29, 0.717) is 19.3 Å². The van der Waals surface area contributed by atoms with Crippen molar-refractivity contribution >= 4 is 17.9 Å². The normalized spacial score (nSPS) is 13.2. The van der Waals surface area contributed by atoms with Crippen LogP contribution in [-0.4, -0.2) is 80.6 Å². The number of hydrogen-bond acceptors (Lipinski definition) is 6. The molecule has 65 heavy (non-hydrogen) atoms. The van der Waals surface area contributed by atoms with Gasteiger partial charge in [-0.2, -0.15) is 0 Å². The Morgan fingerprint density at radius 2 is 0.862 bits per heavy atom. The fourth-order valence-corrected chi connectivity index (χ4v) is 8.00. The number of esters is 2. The smallest absolute Gasteiger partial charge is 0.362 e. The molecule has 0 aliphatic carbocycles. The topological polar surface area (TPSA) is 99.1 Å². The lowest BCUT2D eigenvalue weighted by atomic mass is 10.1. The molecule has 378 valence electrons. The number of carbonyl (C=O) groups is 3. The average Bonchev–Trinajstić information content (AvgIpc) is 3.27. The summed E-state index contributed by atoms with van der Waals surface area (Å²) in [5.41, 5.74) is 0. The molecule has 0 radical (unpaired) electrons. The minimum absolute atomic E-state index is 0.0522. The van der Waals surface area contributed by atoms with E-state index < -0.39 is 18.1 Å². The molecular formula is C57H104NO7+. The van der Waals surface area contributed by atoms with Gasteiger partial charge in [0.15, 0.2) is 12.1 Å². The van der Waals surface area contributed by atoms with Crippen LogP contribution in [0, 0.1) is 0 Å². The first-order valence-electron chi connectivity index (χ1n) is 27.2. The maximum Gasteiger partial charge on any atom is 0.362 e. The van der Waals surface area contributed by atoms with Crippen LogP contribution in [-0.2, 0) is 28.6 Å². The second-order valence-electron chi connectivity index (χ2n) is 19.5. The highest BCUT2D eigenvalue weighted by atomic mass is 16.6. The Kier molecular flexibility index (Phi) is 45.8. The van der Waals surface area contributed by atoms with Gasteiger partial charge in [-0.15, -0.1) is 0 Å². The monoisotopic (exact) mass is 915 g/mol. The third-order valence-corrected chi connectivity index (χ3v) is 12.2. The number of rotatable bonds is 49. The highest BCUT2D eigenvalue weighted by Gasteiger charge is 2.31. The van der Waals surface area contributed by atoms with E-state index in [1.165, 1.54) is 141 Å². The fourth-order valence-electron chi connectivity index (χ4n) is 8.00. The number of likely N-dealkylation sites (N-methyl/N-ethyl adjacent to an activating group) is 1. The predicted octanol–water partition coefficient (Wildman–Crippen LogP) is 15.9. The molecule has 8 heteroatoms. The number of carbonyl (C=O) groups excluding carboxylic acids is 2. The molecule has 0 spiro atoms. The van der Waals surface area contributed by atoms with Gasteiger partial charge in [-0.25, -0.2) is 4.79 Å². The molecule has 1 N–H and O–H groups in total. The molecule has 0 saturated carbocycles. The van der Waals surface area contributed by atoms with Crippen molar-refractivity contribution in [1.29, 1.82) is 0 Å². The summed E-state index contributed by atoms with van der Waals surface area (Å²) in [6.07, 6.45) is 58.8. The molecule has 2 atom stereocenters. The van der Waals surface area contributed by atoms with Crippen molar-refractivity contribution in [3.05, 3.63) is 48.6 Å². The second kappa shape index (κ2) is 47.8. The van der Waals surface area contributed by atoms with Gasteiger partial charge in [-0.05, 0) is 70.6 Å². The Morgan fingerprint density at radius 3 is 1.28 bits per heavy atom. The Labute approximate surface area is 401 Å².